The molecule has 0 N–H and O–H groups in total. The third kappa shape index (κ3) is 8.02. The standard InChI is InChI=1S/C8H14ClO4/c1-3-11-4-5-12-7(2)13-8(10)6-9/h7H,1,3-6H2,2H3. The van der Waals surface area contributed by atoms with Crippen molar-refractivity contribution < 1.29 is 19.0 Å². The Morgan fingerprint density at radius 3 is 2.77 bits per heavy atom. The van der Waals surface area contributed by atoms with Crippen LogP contribution in [0.1, 0.15) is 6.92 Å². The molecule has 0 spiro atoms. The molecule has 0 amide bonds. The molecule has 0 saturated carbocycles. The quantitative estimate of drug-likeness (QED) is 0.271. The average Bonchev–Trinajstić information content (AvgIpc) is 2.12. The first-order chi connectivity index (χ1) is 6.20. The van der Waals surface area contributed by atoms with Gasteiger partial charge in [-0.2, -0.15) is 0 Å². The maximum Gasteiger partial charge on any atom is 0.323 e. The highest BCUT2D eigenvalue weighted by atomic mass is 35.5. The van der Waals surface area contributed by atoms with Crippen molar-refractivity contribution in [2.45, 2.75) is 13.2 Å². The summed E-state index contributed by atoms with van der Waals surface area (Å²) in [6.45, 7) is 6.31. The summed E-state index contributed by atoms with van der Waals surface area (Å²) in [6, 6.07) is 0. The summed E-state index contributed by atoms with van der Waals surface area (Å²) in [4.78, 5) is 10.6. The van der Waals surface area contributed by atoms with Crippen molar-refractivity contribution in [1.29, 1.82) is 0 Å². The zero-order valence-electron chi connectivity index (χ0n) is 7.62. The van der Waals surface area contributed by atoms with Gasteiger partial charge < -0.3 is 14.2 Å². The molecule has 0 aromatic heterocycles. The van der Waals surface area contributed by atoms with E-state index in [1.807, 2.05) is 0 Å². The Hall–Kier alpha value is -0.320. The molecule has 1 atom stereocenters. The predicted molar refractivity (Wildman–Crippen MR) is 48.4 cm³/mol. The molecule has 5 heteroatoms. The zero-order chi connectivity index (χ0) is 10.1. The second-order valence-corrected chi connectivity index (χ2v) is 2.44. The SMILES string of the molecule is [CH2]COCCOC(C)OC(=O)CCl. The van der Waals surface area contributed by atoms with Gasteiger partial charge >= 0.3 is 5.97 Å². The lowest BCUT2D eigenvalue weighted by atomic mass is 10.7. The molecule has 0 aliphatic carbocycles. The highest BCUT2D eigenvalue weighted by Crippen LogP contribution is 1.95. The highest BCUT2D eigenvalue weighted by Gasteiger charge is 2.07. The number of esters is 1. The Morgan fingerprint density at radius 1 is 1.54 bits per heavy atom. The van der Waals surface area contributed by atoms with Crippen LogP contribution >= 0.6 is 11.6 Å². The largest absolute Gasteiger partial charge is 0.435 e. The molecule has 1 unspecified atom stereocenters. The molecule has 0 aromatic carbocycles. The van der Waals surface area contributed by atoms with Crippen molar-refractivity contribution in [3.8, 4) is 0 Å². The molecule has 0 heterocycles. The lowest BCUT2D eigenvalue weighted by molar-refractivity contribution is -0.173. The van der Waals surface area contributed by atoms with Crippen LogP contribution in [0.15, 0.2) is 0 Å². The molecule has 0 aromatic rings. The van der Waals surface area contributed by atoms with Crippen molar-refractivity contribution in [3.63, 3.8) is 0 Å². The van der Waals surface area contributed by atoms with Gasteiger partial charge in [-0.3, -0.25) is 4.79 Å². The van der Waals surface area contributed by atoms with Crippen molar-refractivity contribution >= 4 is 17.6 Å². The summed E-state index contributed by atoms with van der Waals surface area (Å²) in [6.07, 6.45) is -0.584. The minimum absolute atomic E-state index is 0.164. The zero-order valence-corrected chi connectivity index (χ0v) is 8.38. The van der Waals surface area contributed by atoms with Gasteiger partial charge in [-0.15, -0.1) is 11.6 Å². The van der Waals surface area contributed by atoms with Crippen LogP contribution in [0.2, 0.25) is 0 Å². The Kier molecular flexibility index (Phi) is 8.08. The minimum atomic E-state index is -0.584. The summed E-state index contributed by atoms with van der Waals surface area (Å²) in [5.41, 5.74) is 0. The first kappa shape index (κ1) is 12.7. The van der Waals surface area contributed by atoms with E-state index in [2.05, 4.69) is 6.92 Å². The molecule has 0 aliphatic rings. The van der Waals surface area contributed by atoms with E-state index in [9.17, 15) is 4.79 Å². The molecule has 0 bridgehead atoms. The summed E-state index contributed by atoms with van der Waals surface area (Å²) in [7, 11) is 0. The molecule has 0 rings (SSSR count). The molecule has 0 fully saturated rings. The van der Waals surface area contributed by atoms with E-state index >= 15 is 0 Å². The van der Waals surface area contributed by atoms with Crippen LogP contribution in [0.5, 0.6) is 0 Å². The van der Waals surface area contributed by atoms with Crippen LogP contribution in [0.4, 0.5) is 0 Å². The number of alkyl halides is 1. The molecule has 0 aliphatic heterocycles. The first-order valence-corrected chi connectivity index (χ1v) is 4.48. The first-order valence-electron chi connectivity index (χ1n) is 3.94. The number of hydrogen-bond acceptors (Lipinski definition) is 4. The van der Waals surface area contributed by atoms with E-state index < -0.39 is 12.3 Å². The van der Waals surface area contributed by atoms with E-state index in [-0.39, 0.29) is 5.88 Å². The molecular weight excluding hydrogens is 196 g/mol. The maximum atomic E-state index is 10.6. The minimum Gasteiger partial charge on any atom is -0.435 e. The average molecular weight is 210 g/mol. The molecular formula is C8H14ClO4. The van der Waals surface area contributed by atoms with Crippen molar-refractivity contribution in [3.05, 3.63) is 6.92 Å². The van der Waals surface area contributed by atoms with E-state index in [0.717, 1.165) is 0 Å². The predicted octanol–water partition coefficient (Wildman–Crippen LogP) is 0.982. The smallest absolute Gasteiger partial charge is 0.323 e. The van der Waals surface area contributed by atoms with Gasteiger partial charge in [0.15, 0.2) is 6.29 Å². The van der Waals surface area contributed by atoms with Gasteiger partial charge in [-0.05, 0) is 13.8 Å². The van der Waals surface area contributed by atoms with E-state index in [4.69, 9.17) is 25.8 Å². The Balaban J connectivity index is 3.29. The van der Waals surface area contributed by atoms with Gasteiger partial charge in [0.25, 0.3) is 0 Å². The second-order valence-electron chi connectivity index (χ2n) is 2.17. The molecule has 77 valence electrons. The van der Waals surface area contributed by atoms with E-state index in [1.54, 1.807) is 6.92 Å². The summed E-state index contributed by atoms with van der Waals surface area (Å²) < 4.78 is 14.7. The molecule has 13 heavy (non-hydrogen) atoms. The number of ether oxygens (including phenoxy) is 3. The van der Waals surface area contributed by atoms with Crippen LogP contribution < -0.4 is 0 Å². The fraction of sp³-hybridized carbons (Fsp3) is 0.750. The molecule has 0 saturated heterocycles. The van der Waals surface area contributed by atoms with Crippen LogP contribution in [0.3, 0.4) is 0 Å². The Bertz CT molecular complexity index is 140. The topological polar surface area (TPSA) is 44.8 Å². The Morgan fingerprint density at radius 2 is 2.23 bits per heavy atom. The Labute approximate surface area is 83.1 Å². The molecule has 1 radical (unpaired) electrons. The maximum absolute atomic E-state index is 10.6. The van der Waals surface area contributed by atoms with Gasteiger partial charge in [0, 0.05) is 6.61 Å². The monoisotopic (exact) mass is 209 g/mol. The van der Waals surface area contributed by atoms with Crippen molar-refractivity contribution in [2.75, 3.05) is 25.7 Å². The third-order valence-electron chi connectivity index (χ3n) is 1.13. The fourth-order valence-electron chi connectivity index (χ4n) is 0.626. The van der Waals surface area contributed by atoms with Crippen LogP contribution in [-0.2, 0) is 19.0 Å². The fourth-order valence-corrected chi connectivity index (χ4v) is 0.689. The van der Waals surface area contributed by atoms with Crippen molar-refractivity contribution in [1.82, 2.24) is 0 Å². The third-order valence-corrected chi connectivity index (χ3v) is 1.35. The van der Waals surface area contributed by atoms with Crippen molar-refractivity contribution in [2.24, 2.45) is 0 Å². The van der Waals surface area contributed by atoms with Gasteiger partial charge in [-0.25, -0.2) is 0 Å². The number of carbonyl (C=O) groups is 1. The lowest BCUT2D eigenvalue weighted by Gasteiger charge is -2.12. The van der Waals surface area contributed by atoms with Gasteiger partial charge in [0.05, 0.1) is 13.2 Å². The molecule has 4 nitrogen and oxygen atoms in total. The highest BCUT2D eigenvalue weighted by molar-refractivity contribution is 6.26. The lowest BCUT2D eigenvalue weighted by Crippen LogP contribution is -2.20. The summed E-state index contributed by atoms with van der Waals surface area (Å²) >= 11 is 5.22. The van der Waals surface area contributed by atoms with Gasteiger partial charge in [0.1, 0.15) is 5.88 Å². The summed E-state index contributed by atoms with van der Waals surface area (Å²) in [5.74, 6) is -0.657. The number of rotatable bonds is 7. The van der Waals surface area contributed by atoms with Crippen LogP contribution in [-0.4, -0.2) is 38.0 Å². The normalized spacial score (nSPS) is 12.5. The number of carbonyl (C=O) groups excluding carboxylic acids is 1. The van der Waals surface area contributed by atoms with E-state index in [0.29, 0.717) is 19.8 Å². The summed E-state index contributed by atoms with van der Waals surface area (Å²) in [5, 5.41) is 0. The van der Waals surface area contributed by atoms with Crippen LogP contribution in [0.25, 0.3) is 0 Å². The number of halogens is 1. The second kappa shape index (κ2) is 8.29. The number of hydrogen-bond donors (Lipinski definition) is 0. The van der Waals surface area contributed by atoms with E-state index in [1.165, 1.54) is 0 Å². The van der Waals surface area contributed by atoms with Gasteiger partial charge in [-0.1, -0.05) is 0 Å². The van der Waals surface area contributed by atoms with Gasteiger partial charge in [0.2, 0.25) is 0 Å². The van der Waals surface area contributed by atoms with Crippen LogP contribution in [0, 0.1) is 6.92 Å².